The molecule has 1 amide bonds. The van der Waals surface area contributed by atoms with Crippen LogP contribution in [0.2, 0.25) is 0 Å². The highest BCUT2D eigenvalue weighted by Gasteiger charge is 2.26. The zero-order chi connectivity index (χ0) is 14.9. The molecule has 2 aromatic rings. The Morgan fingerprint density at radius 1 is 1.21 bits per heavy atom. The van der Waals surface area contributed by atoms with Crippen molar-refractivity contribution in [3.8, 4) is 0 Å². The molecule has 0 saturated carbocycles. The Bertz CT molecular complexity index is 697. The van der Waals surface area contributed by atoms with E-state index >= 15 is 0 Å². The minimum absolute atomic E-state index is 0. The number of aromatic nitrogens is 2. The van der Waals surface area contributed by atoms with E-state index in [1.807, 2.05) is 21.4 Å². The summed E-state index contributed by atoms with van der Waals surface area (Å²) in [4.78, 5) is 18.9. The van der Waals surface area contributed by atoms with Crippen LogP contribution in [-0.2, 0) is 6.54 Å². The highest BCUT2D eigenvalue weighted by atomic mass is 35.5. The summed E-state index contributed by atoms with van der Waals surface area (Å²) in [6, 6.07) is 6.06. The molecule has 0 aromatic carbocycles. The fourth-order valence-electron chi connectivity index (χ4n) is 3.73. The summed E-state index contributed by atoms with van der Waals surface area (Å²) in [6.45, 7) is 3.85. The van der Waals surface area contributed by atoms with Gasteiger partial charge in [-0.3, -0.25) is 9.20 Å². The van der Waals surface area contributed by atoms with Crippen molar-refractivity contribution in [3.63, 3.8) is 0 Å². The maximum absolute atomic E-state index is 12.6. The van der Waals surface area contributed by atoms with Gasteiger partial charge >= 0.3 is 0 Å². The van der Waals surface area contributed by atoms with Gasteiger partial charge < -0.3 is 10.2 Å². The van der Waals surface area contributed by atoms with Crippen molar-refractivity contribution in [1.82, 2.24) is 19.6 Å². The van der Waals surface area contributed by atoms with Crippen molar-refractivity contribution in [2.45, 2.75) is 32.2 Å². The lowest BCUT2D eigenvalue weighted by molar-refractivity contribution is 0.0708. The Kier molecular flexibility index (Phi) is 6.49. The van der Waals surface area contributed by atoms with E-state index in [1.165, 1.54) is 19.3 Å². The van der Waals surface area contributed by atoms with Crippen LogP contribution in [0.5, 0.6) is 0 Å². The summed E-state index contributed by atoms with van der Waals surface area (Å²) < 4.78 is 1.99. The van der Waals surface area contributed by atoms with Gasteiger partial charge in [0.25, 0.3) is 5.91 Å². The topological polar surface area (TPSA) is 49.6 Å². The lowest BCUT2D eigenvalue weighted by Gasteiger charge is -2.29. The summed E-state index contributed by atoms with van der Waals surface area (Å²) in [5.41, 5.74) is 2.74. The van der Waals surface area contributed by atoms with Gasteiger partial charge in [-0.1, -0.05) is 6.07 Å². The summed E-state index contributed by atoms with van der Waals surface area (Å²) in [5.74, 6) is 0.951. The molecule has 0 atom stereocenters. The number of hydrogen-bond donors (Lipinski definition) is 1. The second-order valence-electron chi connectivity index (χ2n) is 6.42. The van der Waals surface area contributed by atoms with Crippen molar-refractivity contribution in [2.75, 3.05) is 19.6 Å². The summed E-state index contributed by atoms with van der Waals surface area (Å²) >= 11 is 0. The van der Waals surface area contributed by atoms with E-state index in [4.69, 9.17) is 0 Å². The molecule has 7 heteroatoms. The highest BCUT2D eigenvalue weighted by molar-refractivity contribution is 5.94. The molecule has 0 bridgehead atoms. The number of nitrogens with one attached hydrogen (secondary N) is 1. The fourth-order valence-corrected chi connectivity index (χ4v) is 3.73. The number of carbonyl (C=O) groups is 1. The Labute approximate surface area is 154 Å². The first-order valence-corrected chi connectivity index (χ1v) is 8.28. The van der Waals surface area contributed by atoms with Gasteiger partial charge in [0.1, 0.15) is 11.3 Å². The van der Waals surface area contributed by atoms with Gasteiger partial charge in [0.15, 0.2) is 0 Å². The maximum atomic E-state index is 12.6. The number of imidazole rings is 1. The van der Waals surface area contributed by atoms with Gasteiger partial charge in [0.05, 0.1) is 12.7 Å². The Morgan fingerprint density at radius 2 is 2.00 bits per heavy atom. The number of amides is 1. The zero-order valence-corrected chi connectivity index (χ0v) is 15.2. The molecule has 1 saturated heterocycles. The van der Waals surface area contributed by atoms with Crippen LogP contribution in [0, 0.1) is 5.92 Å². The van der Waals surface area contributed by atoms with Crippen LogP contribution >= 0.6 is 24.8 Å². The molecule has 5 nitrogen and oxygen atoms in total. The monoisotopic (exact) mass is 370 g/mol. The zero-order valence-electron chi connectivity index (χ0n) is 13.6. The molecule has 0 aliphatic carbocycles. The summed E-state index contributed by atoms with van der Waals surface area (Å²) in [5, 5.41) is 3.41. The van der Waals surface area contributed by atoms with Gasteiger partial charge in [0.2, 0.25) is 0 Å². The maximum Gasteiger partial charge on any atom is 0.272 e. The molecule has 0 spiro atoms. The smallest absolute Gasteiger partial charge is 0.272 e. The molecule has 2 aliphatic rings. The third-order valence-electron chi connectivity index (χ3n) is 4.97. The first-order valence-electron chi connectivity index (χ1n) is 8.28. The van der Waals surface area contributed by atoms with Crippen molar-refractivity contribution in [3.05, 3.63) is 35.8 Å². The Morgan fingerprint density at radius 3 is 2.79 bits per heavy atom. The molecule has 0 unspecified atom stereocenters. The normalized spacial score (nSPS) is 17.5. The largest absolute Gasteiger partial charge is 0.331 e. The standard InChI is InChI=1S/C17H22N4O.2ClH/c22-17-15-11-19-16-5-1-4-14(21(15)16)12-20(17)10-2-3-13-6-8-18-9-7-13;;/h1,4-5,11,13,18H,2-3,6-10,12H2;2*1H. The molecule has 24 heavy (non-hydrogen) atoms. The molecule has 2 aromatic heterocycles. The second kappa shape index (κ2) is 8.19. The molecule has 0 radical (unpaired) electrons. The third-order valence-corrected chi connectivity index (χ3v) is 4.97. The van der Waals surface area contributed by atoms with E-state index in [1.54, 1.807) is 6.20 Å². The van der Waals surface area contributed by atoms with E-state index in [0.29, 0.717) is 12.2 Å². The van der Waals surface area contributed by atoms with Crippen LogP contribution in [0.3, 0.4) is 0 Å². The SMILES string of the molecule is Cl.Cl.O=C1c2cnc3cccc(n23)CN1CCCC1CCNCC1. The molecule has 4 heterocycles. The molecule has 4 rings (SSSR count). The average Bonchev–Trinajstić information content (AvgIpc) is 2.99. The van der Waals surface area contributed by atoms with Gasteiger partial charge in [-0.2, -0.15) is 0 Å². The van der Waals surface area contributed by atoms with Gasteiger partial charge in [-0.05, 0) is 56.8 Å². The predicted octanol–water partition coefficient (Wildman–Crippen LogP) is 2.91. The van der Waals surface area contributed by atoms with E-state index in [9.17, 15) is 4.79 Å². The average molecular weight is 371 g/mol. The van der Waals surface area contributed by atoms with Crippen molar-refractivity contribution in [2.24, 2.45) is 5.92 Å². The number of rotatable bonds is 4. The van der Waals surface area contributed by atoms with Gasteiger partial charge in [-0.25, -0.2) is 4.98 Å². The molecular weight excluding hydrogens is 347 g/mol. The van der Waals surface area contributed by atoms with Crippen LogP contribution in [0.1, 0.15) is 41.9 Å². The van der Waals surface area contributed by atoms with E-state index in [2.05, 4.69) is 16.4 Å². The molecule has 132 valence electrons. The number of carbonyl (C=O) groups excluding carboxylic acids is 1. The Hall–Kier alpha value is -1.30. The quantitative estimate of drug-likeness (QED) is 0.899. The molecular formula is C17H24Cl2N4O. The van der Waals surface area contributed by atoms with E-state index < -0.39 is 0 Å². The van der Waals surface area contributed by atoms with Gasteiger partial charge in [0, 0.05) is 12.2 Å². The Balaban J connectivity index is 0.00000104. The van der Waals surface area contributed by atoms with Crippen molar-refractivity contribution in [1.29, 1.82) is 0 Å². The summed E-state index contributed by atoms with van der Waals surface area (Å²) in [7, 11) is 0. The predicted molar refractivity (Wildman–Crippen MR) is 99.3 cm³/mol. The number of pyridine rings is 1. The van der Waals surface area contributed by atoms with E-state index in [-0.39, 0.29) is 30.7 Å². The molecule has 1 fully saturated rings. The molecule has 2 aliphatic heterocycles. The lowest BCUT2D eigenvalue weighted by atomic mass is 9.93. The first kappa shape index (κ1) is 19.0. The van der Waals surface area contributed by atoms with Crippen LogP contribution < -0.4 is 5.32 Å². The van der Waals surface area contributed by atoms with Gasteiger partial charge in [-0.15, -0.1) is 24.8 Å². The van der Waals surface area contributed by atoms with Crippen molar-refractivity contribution < 1.29 is 4.79 Å². The fraction of sp³-hybridized carbons (Fsp3) is 0.529. The third kappa shape index (κ3) is 3.53. The number of hydrogen-bond acceptors (Lipinski definition) is 3. The number of piperidine rings is 1. The first-order chi connectivity index (χ1) is 10.8. The highest BCUT2D eigenvalue weighted by Crippen LogP contribution is 2.22. The number of nitrogens with zero attached hydrogens (tertiary/aromatic N) is 3. The summed E-state index contributed by atoms with van der Waals surface area (Å²) in [6.07, 6.45) is 6.59. The molecule has 1 N–H and O–H groups in total. The van der Waals surface area contributed by atoms with Crippen LogP contribution in [-0.4, -0.2) is 39.8 Å². The van der Waals surface area contributed by atoms with Crippen LogP contribution in [0.25, 0.3) is 5.65 Å². The minimum Gasteiger partial charge on any atom is -0.331 e. The number of halogens is 2. The van der Waals surface area contributed by atoms with Crippen molar-refractivity contribution >= 4 is 36.4 Å². The minimum atomic E-state index is 0. The lowest BCUT2D eigenvalue weighted by Crippen LogP contribution is -2.37. The second-order valence-corrected chi connectivity index (χ2v) is 6.42. The van der Waals surface area contributed by atoms with E-state index in [0.717, 1.165) is 43.3 Å². The van der Waals surface area contributed by atoms with Crippen LogP contribution in [0.15, 0.2) is 24.4 Å². The van der Waals surface area contributed by atoms with Crippen LogP contribution in [0.4, 0.5) is 0 Å².